The summed E-state index contributed by atoms with van der Waals surface area (Å²) in [4.78, 5) is 26.1. The maximum absolute atomic E-state index is 13.2. The highest BCUT2D eigenvalue weighted by Crippen LogP contribution is 2.16. The van der Waals surface area contributed by atoms with Crippen LogP contribution in [0.25, 0.3) is 0 Å². The summed E-state index contributed by atoms with van der Waals surface area (Å²) in [7, 11) is 0. The molecule has 6 nitrogen and oxygen atoms in total. The molecule has 342 valence electrons. The van der Waals surface area contributed by atoms with Crippen LogP contribution in [0, 0.1) is 0 Å². The highest BCUT2D eigenvalue weighted by atomic mass is 16.5. The van der Waals surface area contributed by atoms with E-state index in [-0.39, 0.29) is 24.9 Å². The number of aliphatic hydroxyl groups is 2. The Bertz CT molecular complexity index is 1210. The first kappa shape index (κ1) is 56.8. The number of nitrogens with one attached hydrogen (secondary N) is 1. The summed E-state index contributed by atoms with van der Waals surface area (Å²) >= 11 is 0. The van der Waals surface area contributed by atoms with Gasteiger partial charge in [-0.3, -0.25) is 9.59 Å². The number of amides is 1. The molecule has 0 rings (SSSR count). The van der Waals surface area contributed by atoms with Crippen molar-refractivity contribution in [3.63, 3.8) is 0 Å². The number of hydrogen-bond acceptors (Lipinski definition) is 5. The van der Waals surface area contributed by atoms with Gasteiger partial charge in [0.2, 0.25) is 5.91 Å². The number of esters is 1. The molecule has 3 atom stereocenters. The van der Waals surface area contributed by atoms with Crippen LogP contribution in [0.3, 0.4) is 0 Å². The van der Waals surface area contributed by atoms with Crippen LogP contribution in [0.1, 0.15) is 207 Å². The summed E-state index contributed by atoms with van der Waals surface area (Å²) in [5.41, 5.74) is 0. The SMILES string of the molecule is CC\C=C/C=C/C=C/C=C\C=C\C=C\CCCC(CC(=O)NC(CO)C(O)CCCCCCCCCCCC)OC(=O)CCCCC/C=C/C=C/CCCCCCCCC. The van der Waals surface area contributed by atoms with Gasteiger partial charge in [-0.2, -0.15) is 0 Å². The summed E-state index contributed by atoms with van der Waals surface area (Å²) in [6.45, 7) is 6.28. The van der Waals surface area contributed by atoms with Crippen LogP contribution in [0.5, 0.6) is 0 Å². The average Bonchev–Trinajstić information content (AvgIpc) is 3.24. The van der Waals surface area contributed by atoms with Crippen LogP contribution in [-0.4, -0.2) is 46.9 Å². The molecule has 0 aliphatic heterocycles. The second kappa shape index (κ2) is 46.8. The minimum Gasteiger partial charge on any atom is -0.462 e. The third-order valence-corrected chi connectivity index (χ3v) is 10.6. The molecule has 3 N–H and O–H groups in total. The number of unbranched alkanes of at least 4 members (excludes halogenated alkanes) is 20. The molecule has 0 aromatic carbocycles. The lowest BCUT2D eigenvalue weighted by Gasteiger charge is -2.24. The van der Waals surface area contributed by atoms with Gasteiger partial charge in [0.05, 0.1) is 25.2 Å². The van der Waals surface area contributed by atoms with E-state index in [0.29, 0.717) is 19.3 Å². The average molecular weight is 834 g/mol. The Morgan fingerprint density at radius 3 is 1.42 bits per heavy atom. The van der Waals surface area contributed by atoms with Crippen molar-refractivity contribution in [3.8, 4) is 0 Å². The first-order valence-corrected chi connectivity index (χ1v) is 24.6. The summed E-state index contributed by atoms with van der Waals surface area (Å²) in [6, 6.07) is -0.735. The number of carbonyl (C=O) groups is 2. The molecule has 0 aromatic heterocycles. The molecule has 0 aromatic rings. The van der Waals surface area contributed by atoms with E-state index >= 15 is 0 Å². The Labute approximate surface area is 369 Å². The lowest BCUT2D eigenvalue weighted by molar-refractivity contribution is -0.151. The predicted octanol–water partition coefficient (Wildman–Crippen LogP) is 14.6. The normalized spacial score (nSPS) is 14.2. The molecular formula is C54H91NO5. The van der Waals surface area contributed by atoms with Crippen LogP contribution < -0.4 is 5.32 Å². The molecule has 0 aliphatic carbocycles. The van der Waals surface area contributed by atoms with Crippen molar-refractivity contribution in [2.75, 3.05) is 6.61 Å². The van der Waals surface area contributed by atoms with E-state index in [1.807, 2.05) is 60.8 Å². The fraction of sp³-hybridized carbons (Fsp3) is 0.667. The molecule has 0 heterocycles. The van der Waals surface area contributed by atoms with Gasteiger partial charge in [-0.15, -0.1) is 0 Å². The van der Waals surface area contributed by atoms with Gasteiger partial charge in [0, 0.05) is 6.42 Å². The highest BCUT2D eigenvalue weighted by molar-refractivity contribution is 5.77. The van der Waals surface area contributed by atoms with Crippen molar-refractivity contribution in [2.45, 2.75) is 225 Å². The molecule has 60 heavy (non-hydrogen) atoms. The number of ether oxygens (including phenoxy) is 1. The van der Waals surface area contributed by atoms with Crippen LogP contribution in [-0.2, 0) is 14.3 Å². The van der Waals surface area contributed by atoms with Crippen molar-refractivity contribution in [1.82, 2.24) is 5.32 Å². The maximum atomic E-state index is 13.2. The quantitative estimate of drug-likeness (QED) is 0.0323. The molecule has 0 spiro atoms. The molecule has 0 radical (unpaired) electrons. The Morgan fingerprint density at radius 1 is 0.500 bits per heavy atom. The standard InChI is InChI=1S/C54H91NO5/c1-4-7-10-13-16-19-22-24-26-28-30-32-35-38-41-44-47-54(59)60-50(45-42-39-36-33-31-29-27-25-23-20-17-14-11-8-5-2)48-53(58)55-51(49-56)52(57)46-43-40-37-34-21-18-15-12-9-6-3/h8,11,14,17,20,23,25-33,36,50-52,56-57H,4-7,9-10,12-13,15-16,18-19,21-22,24,34-35,37-49H2,1-3H3,(H,55,58)/b11-8-,17-14+,23-20+,27-25-,28-26+,31-29+,32-30+,36-33+. The Kier molecular flexibility index (Phi) is 44.3. The molecule has 0 aliphatic rings. The third kappa shape index (κ3) is 41.5. The van der Waals surface area contributed by atoms with Crippen LogP contribution in [0.15, 0.2) is 97.2 Å². The topological polar surface area (TPSA) is 95.9 Å². The van der Waals surface area contributed by atoms with E-state index in [4.69, 9.17) is 4.74 Å². The van der Waals surface area contributed by atoms with Gasteiger partial charge in [0.25, 0.3) is 0 Å². The van der Waals surface area contributed by atoms with E-state index in [1.165, 1.54) is 89.9 Å². The molecule has 1 amide bonds. The zero-order valence-electron chi connectivity index (χ0n) is 38.8. The first-order valence-electron chi connectivity index (χ1n) is 24.6. The monoisotopic (exact) mass is 834 g/mol. The molecule has 0 fully saturated rings. The zero-order chi connectivity index (χ0) is 43.8. The smallest absolute Gasteiger partial charge is 0.306 e. The largest absolute Gasteiger partial charge is 0.462 e. The van der Waals surface area contributed by atoms with Crippen molar-refractivity contribution in [3.05, 3.63) is 97.2 Å². The number of aliphatic hydroxyl groups excluding tert-OH is 2. The molecule has 0 saturated heterocycles. The van der Waals surface area contributed by atoms with Gasteiger partial charge in [-0.25, -0.2) is 0 Å². The summed E-state index contributed by atoms with van der Waals surface area (Å²) in [6.07, 6.45) is 61.8. The molecule has 0 saturated carbocycles. The fourth-order valence-corrected chi connectivity index (χ4v) is 6.87. The van der Waals surface area contributed by atoms with Crippen LogP contribution in [0.4, 0.5) is 0 Å². The van der Waals surface area contributed by atoms with Gasteiger partial charge in [0.15, 0.2) is 0 Å². The summed E-state index contributed by atoms with van der Waals surface area (Å²) < 4.78 is 5.87. The zero-order valence-corrected chi connectivity index (χ0v) is 38.8. The van der Waals surface area contributed by atoms with E-state index in [9.17, 15) is 19.8 Å². The molecule has 6 heteroatoms. The fourth-order valence-electron chi connectivity index (χ4n) is 6.87. The number of carbonyl (C=O) groups excluding carboxylic acids is 2. The van der Waals surface area contributed by atoms with E-state index < -0.39 is 18.2 Å². The number of rotatable bonds is 42. The molecule has 3 unspecified atom stereocenters. The van der Waals surface area contributed by atoms with E-state index in [2.05, 4.69) is 62.5 Å². The highest BCUT2D eigenvalue weighted by Gasteiger charge is 2.24. The molecular weight excluding hydrogens is 743 g/mol. The molecule has 0 bridgehead atoms. The number of hydrogen-bond donors (Lipinski definition) is 3. The van der Waals surface area contributed by atoms with Crippen molar-refractivity contribution >= 4 is 11.9 Å². The second-order valence-electron chi connectivity index (χ2n) is 16.3. The van der Waals surface area contributed by atoms with Gasteiger partial charge in [0.1, 0.15) is 6.10 Å². The van der Waals surface area contributed by atoms with E-state index in [1.54, 1.807) is 0 Å². The van der Waals surface area contributed by atoms with Crippen molar-refractivity contribution < 1.29 is 24.5 Å². The van der Waals surface area contributed by atoms with Crippen molar-refractivity contribution in [2.24, 2.45) is 0 Å². The Morgan fingerprint density at radius 2 is 0.917 bits per heavy atom. The minimum atomic E-state index is -0.816. The number of allylic oxidation sites excluding steroid dienone is 16. The van der Waals surface area contributed by atoms with Crippen molar-refractivity contribution in [1.29, 1.82) is 0 Å². The van der Waals surface area contributed by atoms with Gasteiger partial charge < -0.3 is 20.3 Å². The minimum absolute atomic E-state index is 0.0104. The second-order valence-corrected chi connectivity index (χ2v) is 16.3. The lowest BCUT2D eigenvalue weighted by Crippen LogP contribution is -2.46. The third-order valence-electron chi connectivity index (χ3n) is 10.6. The van der Waals surface area contributed by atoms with E-state index in [0.717, 1.165) is 70.6 Å². The van der Waals surface area contributed by atoms with Crippen LogP contribution >= 0.6 is 0 Å². The Balaban J connectivity index is 4.81. The predicted molar refractivity (Wildman–Crippen MR) is 259 cm³/mol. The first-order chi connectivity index (χ1) is 29.5. The van der Waals surface area contributed by atoms with Crippen LogP contribution in [0.2, 0.25) is 0 Å². The Hall–Kier alpha value is -3.22. The van der Waals surface area contributed by atoms with Gasteiger partial charge in [-0.05, 0) is 64.2 Å². The van der Waals surface area contributed by atoms with Gasteiger partial charge in [-0.1, -0.05) is 227 Å². The van der Waals surface area contributed by atoms with Gasteiger partial charge >= 0.3 is 5.97 Å². The maximum Gasteiger partial charge on any atom is 0.306 e. The summed E-state index contributed by atoms with van der Waals surface area (Å²) in [5, 5.41) is 23.6. The summed E-state index contributed by atoms with van der Waals surface area (Å²) in [5.74, 6) is -0.590. The lowest BCUT2D eigenvalue weighted by atomic mass is 10.0.